The molecular weight excluding hydrogens is 327 g/mol. The van der Waals surface area contributed by atoms with Crippen molar-refractivity contribution < 1.29 is 17.9 Å². The number of likely N-dealkylation sites (N-methyl/N-ethyl adjacent to an activating group) is 1. The molecule has 1 heterocycles. The average Bonchev–Trinajstić information content (AvgIpc) is 2.66. The van der Waals surface area contributed by atoms with Gasteiger partial charge in [0.1, 0.15) is 6.61 Å². The first kappa shape index (κ1) is 16.5. The molecule has 0 radical (unpaired) electrons. The van der Waals surface area contributed by atoms with Crippen LogP contribution in [0.5, 0.6) is 0 Å². The Hall–Kier alpha value is -0.600. The molecule has 0 fully saturated rings. The van der Waals surface area contributed by atoms with Crippen molar-refractivity contribution in [1.29, 1.82) is 0 Å². The Morgan fingerprint density at radius 1 is 1.53 bits per heavy atom. The van der Waals surface area contributed by atoms with E-state index in [1.165, 1.54) is 0 Å². The van der Waals surface area contributed by atoms with Gasteiger partial charge in [0, 0.05) is 6.54 Å². The molecule has 0 aliphatic heterocycles. The van der Waals surface area contributed by atoms with Crippen LogP contribution >= 0.6 is 15.9 Å². The molecule has 1 unspecified atom stereocenters. The maximum atomic E-state index is 12.1. The highest BCUT2D eigenvalue weighted by Gasteiger charge is 2.28. The predicted octanol–water partition coefficient (Wildman–Crippen LogP) is 2.90. The van der Waals surface area contributed by atoms with Gasteiger partial charge >= 0.3 is 6.18 Å². The van der Waals surface area contributed by atoms with E-state index in [4.69, 9.17) is 4.74 Å². The molecule has 1 rings (SSSR count). The zero-order chi connectivity index (χ0) is 14.5. The van der Waals surface area contributed by atoms with Crippen LogP contribution in [-0.4, -0.2) is 36.2 Å². The first-order valence-electron chi connectivity index (χ1n) is 5.92. The SMILES string of the molecule is CCCn1ncc(Br)c1C(COCC(F)(F)F)NC. The van der Waals surface area contributed by atoms with Crippen LogP contribution in [0.3, 0.4) is 0 Å². The zero-order valence-electron chi connectivity index (χ0n) is 10.8. The number of aryl methyl sites for hydroxylation is 1. The second kappa shape index (κ2) is 7.25. The molecule has 1 N–H and O–H groups in total. The Morgan fingerprint density at radius 2 is 2.21 bits per heavy atom. The predicted molar refractivity (Wildman–Crippen MR) is 68.9 cm³/mol. The summed E-state index contributed by atoms with van der Waals surface area (Å²) in [5.74, 6) is 0. The summed E-state index contributed by atoms with van der Waals surface area (Å²) in [6, 6.07) is -0.342. The van der Waals surface area contributed by atoms with Crippen LogP contribution in [0, 0.1) is 0 Å². The van der Waals surface area contributed by atoms with Gasteiger partial charge in [0.05, 0.1) is 29.0 Å². The second-order valence-corrected chi connectivity index (χ2v) is 4.93. The topological polar surface area (TPSA) is 39.1 Å². The Kier molecular flexibility index (Phi) is 6.28. The van der Waals surface area contributed by atoms with Crippen LogP contribution in [0.25, 0.3) is 0 Å². The van der Waals surface area contributed by atoms with Gasteiger partial charge in [-0.05, 0) is 29.4 Å². The van der Waals surface area contributed by atoms with E-state index in [-0.39, 0.29) is 12.6 Å². The smallest absolute Gasteiger partial charge is 0.370 e. The van der Waals surface area contributed by atoms with E-state index in [1.54, 1.807) is 17.9 Å². The standard InChI is InChI=1S/C11H17BrF3N3O/c1-3-4-18-10(8(12)5-17-18)9(16-2)6-19-7-11(13,14)15/h5,9,16H,3-4,6-7H2,1-2H3. The number of rotatable bonds is 7. The summed E-state index contributed by atoms with van der Waals surface area (Å²) in [7, 11) is 1.68. The van der Waals surface area contributed by atoms with E-state index in [9.17, 15) is 13.2 Å². The maximum absolute atomic E-state index is 12.1. The van der Waals surface area contributed by atoms with Gasteiger partial charge < -0.3 is 10.1 Å². The summed E-state index contributed by atoms with van der Waals surface area (Å²) in [6.45, 7) is 1.40. The fourth-order valence-corrected chi connectivity index (χ4v) is 2.27. The van der Waals surface area contributed by atoms with Crippen LogP contribution in [0.1, 0.15) is 25.1 Å². The van der Waals surface area contributed by atoms with Gasteiger partial charge in [-0.15, -0.1) is 0 Å². The molecule has 4 nitrogen and oxygen atoms in total. The molecular formula is C11H17BrF3N3O. The van der Waals surface area contributed by atoms with Gasteiger partial charge in [0.15, 0.2) is 0 Å². The molecule has 110 valence electrons. The molecule has 0 aliphatic rings. The van der Waals surface area contributed by atoms with Crippen LogP contribution in [-0.2, 0) is 11.3 Å². The van der Waals surface area contributed by atoms with Gasteiger partial charge in [-0.2, -0.15) is 18.3 Å². The molecule has 1 aromatic rings. The molecule has 8 heteroatoms. The molecule has 0 spiro atoms. The largest absolute Gasteiger partial charge is 0.411 e. The minimum Gasteiger partial charge on any atom is -0.370 e. The quantitative estimate of drug-likeness (QED) is 0.827. The van der Waals surface area contributed by atoms with Crippen LogP contribution in [0.2, 0.25) is 0 Å². The Balaban J connectivity index is 2.71. The number of hydrogen-bond acceptors (Lipinski definition) is 3. The van der Waals surface area contributed by atoms with Crippen molar-refractivity contribution in [3.63, 3.8) is 0 Å². The van der Waals surface area contributed by atoms with Gasteiger partial charge in [0.25, 0.3) is 0 Å². The summed E-state index contributed by atoms with van der Waals surface area (Å²) < 4.78 is 43.4. The highest BCUT2D eigenvalue weighted by molar-refractivity contribution is 9.10. The monoisotopic (exact) mass is 343 g/mol. The summed E-state index contributed by atoms with van der Waals surface area (Å²) in [6.07, 6.45) is -1.78. The molecule has 0 saturated carbocycles. The van der Waals surface area contributed by atoms with Gasteiger partial charge in [-0.1, -0.05) is 6.92 Å². The molecule has 0 aliphatic carbocycles. The van der Waals surface area contributed by atoms with E-state index in [2.05, 4.69) is 26.3 Å². The fraction of sp³-hybridized carbons (Fsp3) is 0.727. The van der Waals surface area contributed by atoms with Gasteiger partial charge in [-0.25, -0.2) is 0 Å². The summed E-state index contributed by atoms with van der Waals surface area (Å²) in [4.78, 5) is 0. The Morgan fingerprint density at radius 3 is 2.74 bits per heavy atom. The van der Waals surface area contributed by atoms with E-state index in [0.29, 0.717) is 6.54 Å². The van der Waals surface area contributed by atoms with Crippen LogP contribution in [0.15, 0.2) is 10.7 Å². The number of nitrogens with zero attached hydrogens (tertiary/aromatic N) is 2. The number of nitrogens with one attached hydrogen (secondary N) is 1. The second-order valence-electron chi connectivity index (χ2n) is 4.07. The van der Waals surface area contributed by atoms with Crippen molar-refractivity contribution in [3.05, 3.63) is 16.4 Å². The normalized spacial score (nSPS) is 13.8. The first-order chi connectivity index (χ1) is 8.89. The molecule has 0 aromatic carbocycles. The number of aromatic nitrogens is 2. The van der Waals surface area contributed by atoms with Crippen molar-refractivity contribution in [3.8, 4) is 0 Å². The summed E-state index contributed by atoms with van der Waals surface area (Å²) in [5, 5.41) is 7.13. The van der Waals surface area contributed by atoms with Crippen molar-refractivity contribution in [2.45, 2.75) is 32.1 Å². The fourth-order valence-electron chi connectivity index (χ4n) is 1.70. The van der Waals surface area contributed by atoms with Crippen molar-refractivity contribution in [1.82, 2.24) is 15.1 Å². The van der Waals surface area contributed by atoms with Crippen molar-refractivity contribution in [2.75, 3.05) is 20.3 Å². The Bertz CT molecular complexity index is 395. The van der Waals surface area contributed by atoms with Gasteiger partial charge in [0.2, 0.25) is 0 Å². The molecule has 0 amide bonds. The summed E-state index contributed by atoms with van der Waals surface area (Å²) in [5.41, 5.74) is 0.798. The van der Waals surface area contributed by atoms with E-state index in [1.807, 2.05) is 6.92 Å². The van der Waals surface area contributed by atoms with Gasteiger partial charge in [-0.3, -0.25) is 4.68 Å². The zero-order valence-corrected chi connectivity index (χ0v) is 12.4. The third-order valence-corrected chi connectivity index (χ3v) is 3.11. The first-order valence-corrected chi connectivity index (χ1v) is 6.71. The van der Waals surface area contributed by atoms with Crippen molar-refractivity contribution in [2.24, 2.45) is 0 Å². The van der Waals surface area contributed by atoms with E-state index in [0.717, 1.165) is 16.6 Å². The Labute approximate surface area is 118 Å². The lowest BCUT2D eigenvalue weighted by Crippen LogP contribution is -2.28. The minimum atomic E-state index is -4.31. The number of ether oxygens (including phenoxy) is 1. The third-order valence-electron chi connectivity index (χ3n) is 2.50. The molecule has 1 atom stereocenters. The van der Waals surface area contributed by atoms with Crippen LogP contribution in [0.4, 0.5) is 13.2 Å². The third kappa shape index (κ3) is 5.12. The van der Waals surface area contributed by atoms with Crippen molar-refractivity contribution >= 4 is 15.9 Å². The molecule has 0 saturated heterocycles. The number of halogens is 4. The number of hydrogen-bond donors (Lipinski definition) is 1. The lowest BCUT2D eigenvalue weighted by Gasteiger charge is -2.19. The lowest BCUT2D eigenvalue weighted by molar-refractivity contribution is -0.175. The van der Waals surface area contributed by atoms with E-state index >= 15 is 0 Å². The molecule has 19 heavy (non-hydrogen) atoms. The molecule has 1 aromatic heterocycles. The van der Waals surface area contributed by atoms with Crippen LogP contribution < -0.4 is 5.32 Å². The lowest BCUT2D eigenvalue weighted by atomic mass is 10.2. The highest BCUT2D eigenvalue weighted by atomic mass is 79.9. The highest BCUT2D eigenvalue weighted by Crippen LogP contribution is 2.24. The molecule has 0 bridgehead atoms. The average molecular weight is 344 g/mol. The summed E-state index contributed by atoms with van der Waals surface area (Å²) >= 11 is 3.36. The van der Waals surface area contributed by atoms with E-state index < -0.39 is 12.8 Å². The maximum Gasteiger partial charge on any atom is 0.411 e. The minimum absolute atomic E-state index is 0.0655. The number of alkyl halides is 3.